The minimum Gasteiger partial charge on any atom is -0.341 e. The molecule has 10 heteroatoms. The van der Waals surface area contributed by atoms with E-state index in [0.717, 1.165) is 24.9 Å². The van der Waals surface area contributed by atoms with Gasteiger partial charge in [-0.25, -0.2) is 4.79 Å². The van der Waals surface area contributed by atoms with Crippen LogP contribution in [0.3, 0.4) is 0 Å². The highest BCUT2D eigenvalue weighted by molar-refractivity contribution is 5.75. The number of aromatic nitrogens is 4. The molecule has 1 saturated heterocycles. The Kier molecular flexibility index (Phi) is 7.50. The SMILES string of the molecule is CC#CCn1c(N2CCC[C@@H](N)C2)nc2c1c(=O)n(Cc1ccc(C#N)cc1)c(=O)n2Cc1ccc(C#N)cc1. The van der Waals surface area contributed by atoms with Crippen LogP contribution < -0.4 is 21.9 Å². The molecule has 1 aliphatic heterocycles. The van der Waals surface area contributed by atoms with Crippen molar-refractivity contribution in [2.75, 3.05) is 18.0 Å². The lowest BCUT2D eigenvalue weighted by Crippen LogP contribution is -2.44. The van der Waals surface area contributed by atoms with Crippen molar-refractivity contribution in [2.45, 2.75) is 45.4 Å². The maximum absolute atomic E-state index is 14.0. The lowest BCUT2D eigenvalue weighted by atomic mass is 10.1. The van der Waals surface area contributed by atoms with Crippen molar-refractivity contribution >= 4 is 17.1 Å². The summed E-state index contributed by atoms with van der Waals surface area (Å²) in [4.78, 5) is 34.9. The first-order chi connectivity index (χ1) is 19.4. The van der Waals surface area contributed by atoms with Gasteiger partial charge in [-0.2, -0.15) is 15.5 Å². The van der Waals surface area contributed by atoms with Crippen molar-refractivity contribution < 1.29 is 0 Å². The second kappa shape index (κ2) is 11.3. The largest absolute Gasteiger partial charge is 0.341 e. The fraction of sp³-hybridized carbons (Fsp3) is 0.300. The minimum atomic E-state index is -0.501. The van der Waals surface area contributed by atoms with Crippen LogP contribution in [0.2, 0.25) is 0 Å². The van der Waals surface area contributed by atoms with Crippen molar-refractivity contribution in [2.24, 2.45) is 5.73 Å². The molecule has 1 atom stereocenters. The monoisotopic (exact) mass is 532 g/mol. The van der Waals surface area contributed by atoms with E-state index in [1.807, 2.05) is 0 Å². The third-order valence-electron chi connectivity index (χ3n) is 7.10. The molecule has 4 aromatic rings. The van der Waals surface area contributed by atoms with Crippen LogP contribution in [0.5, 0.6) is 0 Å². The minimum absolute atomic E-state index is 0.0202. The Balaban J connectivity index is 1.74. The summed E-state index contributed by atoms with van der Waals surface area (Å²) in [5.74, 6) is 6.52. The van der Waals surface area contributed by atoms with Crippen molar-refractivity contribution in [1.29, 1.82) is 10.5 Å². The van der Waals surface area contributed by atoms with Crippen molar-refractivity contribution in [3.8, 4) is 24.0 Å². The number of anilines is 1. The number of fused-ring (bicyclic) bond motifs is 1. The average molecular weight is 533 g/mol. The number of nitriles is 2. The summed E-state index contributed by atoms with van der Waals surface area (Å²) < 4.78 is 4.50. The predicted octanol–water partition coefficient (Wildman–Crippen LogP) is 2.15. The van der Waals surface area contributed by atoms with E-state index in [1.165, 1.54) is 9.13 Å². The van der Waals surface area contributed by atoms with Crippen LogP contribution in [-0.4, -0.2) is 37.8 Å². The third-order valence-corrected chi connectivity index (χ3v) is 7.10. The van der Waals surface area contributed by atoms with Gasteiger partial charge in [0, 0.05) is 19.1 Å². The van der Waals surface area contributed by atoms with Crippen molar-refractivity contribution in [3.63, 3.8) is 0 Å². The number of rotatable bonds is 6. The maximum atomic E-state index is 14.0. The summed E-state index contributed by atoms with van der Waals surface area (Å²) in [7, 11) is 0. The van der Waals surface area contributed by atoms with E-state index in [9.17, 15) is 14.9 Å². The topological polar surface area (TPSA) is 139 Å². The van der Waals surface area contributed by atoms with E-state index in [-0.39, 0.29) is 31.3 Å². The molecule has 2 aromatic heterocycles. The van der Waals surface area contributed by atoms with Gasteiger partial charge in [0.2, 0.25) is 5.95 Å². The van der Waals surface area contributed by atoms with E-state index in [1.54, 1.807) is 60.0 Å². The quantitative estimate of drug-likeness (QED) is 0.376. The van der Waals surface area contributed by atoms with Crippen molar-refractivity contribution in [3.05, 3.63) is 91.6 Å². The van der Waals surface area contributed by atoms with Gasteiger partial charge in [-0.05, 0) is 55.2 Å². The number of nitrogens with zero attached hydrogens (tertiary/aromatic N) is 7. The molecule has 40 heavy (non-hydrogen) atoms. The number of hydrogen-bond acceptors (Lipinski definition) is 7. The Labute approximate surface area is 231 Å². The summed E-state index contributed by atoms with van der Waals surface area (Å²) in [6, 6.07) is 17.9. The van der Waals surface area contributed by atoms with E-state index < -0.39 is 11.2 Å². The van der Waals surface area contributed by atoms with Crippen LogP contribution in [0.4, 0.5) is 5.95 Å². The number of imidazole rings is 1. The molecule has 0 bridgehead atoms. The van der Waals surface area contributed by atoms with E-state index in [0.29, 0.717) is 34.7 Å². The number of hydrogen-bond donors (Lipinski definition) is 1. The van der Waals surface area contributed by atoms with Gasteiger partial charge < -0.3 is 10.6 Å². The summed E-state index contributed by atoms with van der Waals surface area (Å²) in [6.07, 6.45) is 1.80. The summed E-state index contributed by atoms with van der Waals surface area (Å²) in [5.41, 5.74) is 8.39. The van der Waals surface area contributed by atoms with Gasteiger partial charge >= 0.3 is 5.69 Å². The molecule has 0 saturated carbocycles. The van der Waals surface area contributed by atoms with Crippen molar-refractivity contribution in [1.82, 2.24) is 18.7 Å². The van der Waals surface area contributed by atoms with Crippen LogP contribution in [-0.2, 0) is 19.6 Å². The summed E-state index contributed by atoms with van der Waals surface area (Å²) >= 11 is 0. The Morgan fingerprint density at radius 1 is 0.925 bits per heavy atom. The first kappa shape index (κ1) is 26.5. The fourth-order valence-corrected chi connectivity index (χ4v) is 5.04. The molecule has 3 heterocycles. The molecule has 2 aromatic carbocycles. The summed E-state index contributed by atoms with van der Waals surface area (Å²) in [6.45, 7) is 3.47. The molecule has 2 N–H and O–H groups in total. The predicted molar refractivity (Wildman–Crippen MR) is 152 cm³/mol. The third kappa shape index (κ3) is 5.11. The number of nitrogens with two attached hydrogens (primary N) is 1. The van der Waals surface area contributed by atoms with E-state index in [2.05, 4.69) is 28.9 Å². The first-order valence-electron chi connectivity index (χ1n) is 13.1. The lowest BCUT2D eigenvalue weighted by molar-refractivity contribution is 0.496. The molecular weight excluding hydrogens is 504 g/mol. The molecule has 1 fully saturated rings. The molecule has 200 valence electrons. The van der Waals surface area contributed by atoms with Crippen LogP contribution in [0.15, 0.2) is 58.1 Å². The molecule has 10 nitrogen and oxygen atoms in total. The smallest absolute Gasteiger partial charge is 0.333 e. The highest BCUT2D eigenvalue weighted by atomic mass is 16.2. The zero-order valence-corrected chi connectivity index (χ0v) is 22.2. The van der Waals surface area contributed by atoms with Crippen LogP contribution >= 0.6 is 0 Å². The highest BCUT2D eigenvalue weighted by Gasteiger charge is 2.27. The zero-order chi connectivity index (χ0) is 28.2. The molecular formula is C30H28N8O2. The Morgan fingerprint density at radius 2 is 1.52 bits per heavy atom. The normalized spacial score (nSPS) is 14.8. The van der Waals surface area contributed by atoms with Gasteiger partial charge in [-0.3, -0.25) is 18.5 Å². The first-order valence-corrected chi connectivity index (χ1v) is 13.1. The summed E-state index contributed by atoms with van der Waals surface area (Å²) in [5, 5.41) is 18.3. The standard InChI is InChI=1S/C30H28N8O2/c1-2-3-15-36-26-27(34-29(36)35-14-4-5-25(33)20-35)37(18-23-10-6-21(16-31)7-11-23)30(40)38(28(26)39)19-24-12-8-22(17-32)9-13-24/h6-13,25H,4-5,14-15,18-20,33H2,1H3/t25-/m1/s1. The molecule has 0 spiro atoms. The van der Waals surface area contributed by atoms with Gasteiger partial charge in [0.15, 0.2) is 11.2 Å². The Hall–Kier alpha value is -5.11. The maximum Gasteiger partial charge on any atom is 0.333 e. The number of piperidine rings is 1. The second-order valence-electron chi connectivity index (χ2n) is 9.82. The molecule has 0 amide bonds. The van der Waals surface area contributed by atoms with Gasteiger partial charge in [-0.15, -0.1) is 5.92 Å². The Morgan fingerprint density at radius 3 is 2.08 bits per heavy atom. The van der Waals surface area contributed by atoms with Crippen LogP contribution in [0.25, 0.3) is 11.2 Å². The van der Waals surface area contributed by atoms with Gasteiger partial charge in [0.1, 0.15) is 0 Å². The van der Waals surface area contributed by atoms with Crippen LogP contribution in [0.1, 0.15) is 42.0 Å². The lowest BCUT2D eigenvalue weighted by Gasteiger charge is -2.31. The van der Waals surface area contributed by atoms with Crippen LogP contribution in [0, 0.1) is 34.5 Å². The highest BCUT2D eigenvalue weighted by Crippen LogP contribution is 2.23. The molecule has 0 radical (unpaired) electrons. The van der Waals surface area contributed by atoms with E-state index >= 15 is 0 Å². The fourth-order valence-electron chi connectivity index (χ4n) is 5.04. The molecule has 0 unspecified atom stereocenters. The van der Waals surface area contributed by atoms with E-state index in [4.69, 9.17) is 16.0 Å². The zero-order valence-electron chi connectivity index (χ0n) is 22.2. The van der Waals surface area contributed by atoms with Gasteiger partial charge in [0.25, 0.3) is 5.56 Å². The Bertz CT molecular complexity index is 1820. The molecule has 1 aliphatic rings. The average Bonchev–Trinajstić information content (AvgIpc) is 3.36. The molecule has 0 aliphatic carbocycles. The van der Waals surface area contributed by atoms with Gasteiger partial charge in [0.05, 0.1) is 42.9 Å². The van der Waals surface area contributed by atoms with Gasteiger partial charge in [-0.1, -0.05) is 30.2 Å². The second-order valence-corrected chi connectivity index (χ2v) is 9.82. The molecule has 5 rings (SSSR count). The number of benzene rings is 2.